The maximum Gasteiger partial charge on any atom is 0.253 e. The summed E-state index contributed by atoms with van der Waals surface area (Å²) in [6.07, 6.45) is 5.92. The monoisotopic (exact) mass is 455 g/mol. The molecule has 1 saturated carbocycles. The lowest BCUT2D eigenvalue weighted by molar-refractivity contribution is 0.0650. The Balaban J connectivity index is 1.37. The zero-order chi connectivity index (χ0) is 22.6. The average molecular weight is 456 g/mol. The summed E-state index contributed by atoms with van der Waals surface area (Å²) in [5.41, 5.74) is 1.53. The molecule has 0 radical (unpaired) electrons. The van der Waals surface area contributed by atoms with Crippen LogP contribution in [-0.4, -0.2) is 70.0 Å². The zero-order valence-electron chi connectivity index (χ0n) is 18.2. The normalized spacial score (nSPS) is 17.6. The lowest BCUT2D eigenvalue weighted by Crippen LogP contribution is -2.48. The van der Waals surface area contributed by atoms with E-state index in [9.17, 15) is 13.2 Å². The number of nitrogens with one attached hydrogen (secondary N) is 1. The first kappa shape index (κ1) is 22.5. The van der Waals surface area contributed by atoms with Gasteiger partial charge in [0.15, 0.2) is 0 Å². The molecule has 1 aliphatic heterocycles. The van der Waals surface area contributed by atoms with Gasteiger partial charge in [-0.2, -0.15) is 0 Å². The van der Waals surface area contributed by atoms with Crippen LogP contribution in [0, 0.1) is 0 Å². The highest BCUT2D eigenvalue weighted by Gasteiger charge is 2.31. The number of rotatable bonds is 8. The Morgan fingerprint density at radius 3 is 2.47 bits per heavy atom. The average Bonchev–Trinajstić information content (AvgIpc) is 3.62. The van der Waals surface area contributed by atoms with Crippen LogP contribution in [0.2, 0.25) is 0 Å². The van der Waals surface area contributed by atoms with Crippen molar-refractivity contribution in [2.75, 3.05) is 39.8 Å². The number of benzene rings is 2. The number of methoxy groups -OCH3 is 1. The van der Waals surface area contributed by atoms with Gasteiger partial charge in [-0.05, 0) is 36.6 Å². The van der Waals surface area contributed by atoms with Crippen molar-refractivity contribution in [3.8, 4) is 5.75 Å². The van der Waals surface area contributed by atoms with E-state index < -0.39 is 10.0 Å². The van der Waals surface area contributed by atoms with Gasteiger partial charge in [0, 0.05) is 44.3 Å². The fraction of sp³-hybridized carbons (Fsp3) is 0.375. The second kappa shape index (κ2) is 9.85. The second-order valence-electron chi connectivity index (χ2n) is 8.17. The molecule has 32 heavy (non-hydrogen) atoms. The molecule has 0 bridgehead atoms. The molecule has 4 rings (SSSR count). The first-order valence-electron chi connectivity index (χ1n) is 10.9. The number of amides is 1. The standard InChI is InChI=1S/C24H29N3O4S/c1-31-22-12-9-20(18-23(22)32(29,30)25-21-10-11-21)24(28)27-16-14-26(15-17-27)13-5-8-19-6-3-2-4-7-19/h2-9,12,18,21,25H,10-11,13-17H2,1H3. The number of piperazine rings is 1. The van der Waals surface area contributed by atoms with E-state index in [1.165, 1.54) is 18.7 Å². The molecule has 0 atom stereocenters. The highest BCUT2D eigenvalue weighted by atomic mass is 32.2. The van der Waals surface area contributed by atoms with Gasteiger partial charge in [0.05, 0.1) is 7.11 Å². The van der Waals surface area contributed by atoms with E-state index in [1.807, 2.05) is 18.2 Å². The number of nitrogens with zero attached hydrogens (tertiary/aromatic N) is 2. The van der Waals surface area contributed by atoms with E-state index in [1.54, 1.807) is 17.0 Å². The summed E-state index contributed by atoms with van der Waals surface area (Å²) in [5, 5.41) is 0. The number of carbonyl (C=O) groups is 1. The number of carbonyl (C=O) groups excluding carboxylic acids is 1. The third-order valence-electron chi connectivity index (χ3n) is 5.73. The van der Waals surface area contributed by atoms with Crippen molar-refractivity contribution in [3.05, 3.63) is 65.7 Å². The van der Waals surface area contributed by atoms with Crippen LogP contribution in [0.15, 0.2) is 59.5 Å². The van der Waals surface area contributed by atoms with E-state index >= 15 is 0 Å². The maximum absolute atomic E-state index is 13.1. The molecule has 0 spiro atoms. The molecule has 2 aromatic carbocycles. The Bertz CT molecular complexity index is 1070. The number of hydrogen-bond acceptors (Lipinski definition) is 5. The van der Waals surface area contributed by atoms with Gasteiger partial charge in [0.1, 0.15) is 10.6 Å². The molecular formula is C24H29N3O4S. The summed E-state index contributed by atoms with van der Waals surface area (Å²) in [5.74, 6) is 0.0831. The predicted molar refractivity (Wildman–Crippen MR) is 124 cm³/mol. The Morgan fingerprint density at radius 1 is 1.09 bits per heavy atom. The van der Waals surface area contributed by atoms with Crippen molar-refractivity contribution in [2.24, 2.45) is 0 Å². The van der Waals surface area contributed by atoms with Crippen molar-refractivity contribution in [3.63, 3.8) is 0 Å². The minimum absolute atomic E-state index is 0.0161. The van der Waals surface area contributed by atoms with Crippen LogP contribution in [0.1, 0.15) is 28.8 Å². The minimum Gasteiger partial charge on any atom is -0.495 e. The Hall–Kier alpha value is -2.68. The predicted octanol–water partition coefficient (Wildman–Crippen LogP) is 2.61. The summed E-state index contributed by atoms with van der Waals surface area (Å²) in [4.78, 5) is 17.2. The molecule has 1 heterocycles. The highest BCUT2D eigenvalue weighted by Crippen LogP contribution is 2.28. The molecule has 170 valence electrons. The van der Waals surface area contributed by atoms with E-state index in [0.717, 1.165) is 32.5 Å². The van der Waals surface area contributed by atoms with Gasteiger partial charge >= 0.3 is 0 Å². The summed E-state index contributed by atoms with van der Waals surface area (Å²) >= 11 is 0. The molecule has 1 aliphatic carbocycles. The fourth-order valence-electron chi connectivity index (χ4n) is 3.72. The Labute approximate surface area is 189 Å². The van der Waals surface area contributed by atoms with Crippen molar-refractivity contribution < 1.29 is 17.9 Å². The van der Waals surface area contributed by atoms with E-state index in [0.29, 0.717) is 18.7 Å². The number of hydrogen-bond donors (Lipinski definition) is 1. The molecule has 2 aliphatic rings. The van der Waals surface area contributed by atoms with Crippen molar-refractivity contribution in [1.29, 1.82) is 0 Å². The van der Waals surface area contributed by atoms with Crippen LogP contribution < -0.4 is 9.46 Å². The van der Waals surface area contributed by atoms with Crippen LogP contribution in [0.4, 0.5) is 0 Å². The zero-order valence-corrected chi connectivity index (χ0v) is 19.1. The molecular weight excluding hydrogens is 426 g/mol. The molecule has 7 nitrogen and oxygen atoms in total. The second-order valence-corrected chi connectivity index (χ2v) is 9.85. The summed E-state index contributed by atoms with van der Waals surface area (Å²) in [6.45, 7) is 3.58. The Kier molecular flexibility index (Phi) is 6.93. The van der Waals surface area contributed by atoms with Crippen LogP contribution >= 0.6 is 0 Å². The topological polar surface area (TPSA) is 79.0 Å². The maximum atomic E-state index is 13.1. The Morgan fingerprint density at radius 2 is 1.81 bits per heavy atom. The van der Waals surface area contributed by atoms with Crippen LogP contribution in [0.25, 0.3) is 6.08 Å². The molecule has 0 unspecified atom stereocenters. The van der Waals surface area contributed by atoms with E-state index in [-0.39, 0.29) is 22.6 Å². The summed E-state index contributed by atoms with van der Waals surface area (Å²) in [6, 6.07) is 14.8. The third-order valence-corrected chi connectivity index (χ3v) is 7.27. The largest absolute Gasteiger partial charge is 0.495 e. The molecule has 2 aromatic rings. The van der Waals surface area contributed by atoms with Gasteiger partial charge in [-0.1, -0.05) is 42.5 Å². The van der Waals surface area contributed by atoms with Gasteiger partial charge in [0.2, 0.25) is 10.0 Å². The van der Waals surface area contributed by atoms with Gasteiger partial charge in [-0.15, -0.1) is 0 Å². The molecule has 1 saturated heterocycles. The van der Waals surface area contributed by atoms with Crippen molar-refractivity contribution in [1.82, 2.24) is 14.5 Å². The summed E-state index contributed by atoms with van der Waals surface area (Å²) < 4.78 is 33.4. The minimum atomic E-state index is -3.73. The molecule has 0 aromatic heterocycles. The van der Waals surface area contributed by atoms with Crippen molar-refractivity contribution >= 4 is 22.0 Å². The van der Waals surface area contributed by atoms with E-state index in [2.05, 4.69) is 33.9 Å². The molecule has 1 N–H and O–H groups in total. The van der Waals surface area contributed by atoms with Gasteiger partial charge < -0.3 is 9.64 Å². The molecule has 8 heteroatoms. The third kappa shape index (κ3) is 5.56. The summed E-state index contributed by atoms with van der Waals surface area (Å²) in [7, 11) is -2.30. The lowest BCUT2D eigenvalue weighted by Gasteiger charge is -2.34. The first-order valence-corrected chi connectivity index (χ1v) is 12.4. The van der Waals surface area contributed by atoms with Gasteiger partial charge in [0.25, 0.3) is 5.91 Å². The van der Waals surface area contributed by atoms with Gasteiger partial charge in [-0.3, -0.25) is 9.69 Å². The molecule has 2 fully saturated rings. The number of ether oxygens (including phenoxy) is 1. The van der Waals surface area contributed by atoms with E-state index in [4.69, 9.17) is 4.74 Å². The van der Waals surface area contributed by atoms with Crippen LogP contribution in [0.5, 0.6) is 5.75 Å². The smallest absolute Gasteiger partial charge is 0.253 e. The first-order chi connectivity index (χ1) is 15.5. The number of sulfonamides is 1. The highest BCUT2D eigenvalue weighted by molar-refractivity contribution is 7.89. The molecule has 1 amide bonds. The fourth-order valence-corrected chi connectivity index (χ4v) is 5.22. The van der Waals surface area contributed by atoms with Crippen LogP contribution in [0.3, 0.4) is 0 Å². The van der Waals surface area contributed by atoms with Crippen molar-refractivity contribution in [2.45, 2.75) is 23.8 Å². The van der Waals surface area contributed by atoms with Crippen LogP contribution in [-0.2, 0) is 10.0 Å². The lowest BCUT2D eigenvalue weighted by atomic mass is 10.1. The quantitative estimate of drug-likeness (QED) is 0.662. The van der Waals surface area contributed by atoms with Gasteiger partial charge in [-0.25, -0.2) is 13.1 Å². The SMILES string of the molecule is COc1ccc(C(=O)N2CCN(CC=Cc3ccccc3)CC2)cc1S(=O)(=O)NC1CC1.